The van der Waals surface area contributed by atoms with Crippen molar-refractivity contribution in [3.8, 4) is 0 Å². The number of rotatable bonds is 0. The maximum Gasteiger partial charge on any atom is 2.00 e. The summed E-state index contributed by atoms with van der Waals surface area (Å²) in [7, 11) is 0. The van der Waals surface area contributed by atoms with Crippen LogP contribution in [0.25, 0.3) is 0 Å². The first kappa shape index (κ1) is 132. The second-order valence-electron chi connectivity index (χ2n) is 0.894. The van der Waals surface area contributed by atoms with E-state index >= 15 is 0 Å². The van der Waals surface area contributed by atoms with E-state index in [1.807, 2.05) is 0 Å². The second-order valence-corrected chi connectivity index (χ2v) is 0.894. The van der Waals surface area contributed by atoms with Crippen LogP contribution in [0.1, 0.15) is 0 Å². The largest absolute Gasteiger partial charge is 2.00 e. The van der Waals surface area contributed by atoms with Crippen LogP contribution in [0, 0.1) is 61.3 Å². The van der Waals surface area contributed by atoms with Crippen molar-refractivity contribution in [2.75, 3.05) is 0 Å². The molecule has 0 saturated heterocycles. The van der Waals surface area contributed by atoms with Crippen molar-refractivity contribution in [3.63, 3.8) is 0 Å². The van der Waals surface area contributed by atoms with Crippen LogP contribution in [0.2, 0.25) is 0 Å². The molecule has 0 aliphatic rings. The average Bonchev–Trinajstić information content (AvgIpc) is 1.76. The predicted molar refractivity (Wildman–Crippen MR) is 80.4 cm³/mol. The van der Waals surface area contributed by atoms with Crippen LogP contribution in [0.15, 0.2) is 0 Å². The third-order valence-electron chi connectivity index (χ3n) is 0. The Bertz CT molecular complexity index is 166. The van der Waals surface area contributed by atoms with E-state index < -0.39 is 20.3 Å². The van der Waals surface area contributed by atoms with Gasteiger partial charge in [0.05, 0.1) is 20.3 Å². The Morgan fingerprint density at radius 2 is 0.308 bits per heavy atom. The van der Waals surface area contributed by atoms with Gasteiger partial charge >= 0.3 is 33.0 Å². The molecule has 0 amide bonds. The first-order valence-electron chi connectivity index (χ1n) is 2.19. The van der Waals surface area contributed by atoms with Crippen LogP contribution >= 0.6 is 0 Å². The van der Waals surface area contributed by atoms with Crippen LogP contribution in [0.5, 0.6) is 0 Å². The van der Waals surface area contributed by atoms with Gasteiger partial charge in [0.1, 0.15) is 0 Å². The first-order valence-corrected chi connectivity index (χ1v) is 2.19. The molecule has 0 fully saturated rings. The van der Waals surface area contributed by atoms with Gasteiger partial charge in [-0.3, -0.25) is 0 Å². The quantitative estimate of drug-likeness (QED) is 0.125. The van der Waals surface area contributed by atoms with Crippen molar-refractivity contribution in [3.05, 3.63) is 61.3 Å². The molecule has 0 saturated carbocycles. The Balaban J connectivity index is -0.00000000545. The summed E-state index contributed by atoms with van der Waals surface area (Å²) in [5, 5.41) is 59.0. The molecule has 0 spiro atoms. The summed E-state index contributed by atoms with van der Waals surface area (Å²) in [6.07, 6.45) is 0. The summed E-state index contributed by atoms with van der Waals surface area (Å²) < 4.78 is 0. The van der Waals surface area contributed by atoms with E-state index in [-0.39, 0.29) is 76.8 Å². The fourth-order valence-electron chi connectivity index (χ4n) is 0. The summed E-state index contributed by atoms with van der Waals surface area (Å²) >= 11 is 0. The fraction of sp³-hybridized carbons (Fsp3) is 0. The molecular weight excluding hydrogens is 493 g/mol. The molecule has 24 N–H and O–H groups in total. The zero-order valence-electron chi connectivity index (χ0n) is 11.9. The smallest absolute Gasteiger partial charge is 0.457 e. The van der Waals surface area contributed by atoms with E-state index in [4.69, 9.17) is 61.3 Å². The van der Waals surface area contributed by atoms with Crippen LogP contribution < -0.4 is 0 Å². The van der Waals surface area contributed by atoms with Gasteiger partial charge in [0.25, 0.3) is 0 Å². The molecule has 0 aliphatic heterocycles. The van der Waals surface area contributed by atoms with E-state index in [0.717, 1.165) is 0 Å². The molecule has 0 aromatic rings. The summed E-state index contributed by atoms with van der Waals surface area (Å²) in [6, 6.07) is 0. The Labute approximate surface area is 159 Å². The van der Waals surface area contributed by atoms with Gasteiger partial charge in [-0.05, 0) is 0 Å². The molecule has 24 nitrogen and oxygen atoms in total. The summed E-state index contributed by atoms with van der Waals surface area (Å²) in [5.41, 5.74) is 0. The number of hydrogen-bond acceptors (Lipinski definition) is 12. The van der Waals surface area contributed by atoms with Gasteiger partial charge < -0.3 is 105 Å². The third-order valence-corrected chi connectivity index (χ3v) is 0. The maximum absolute atomic E-state index is 8.25. The van der Waals surface area contributed by atoms with E-state index in [9.17, 15) is 0 Å². The minimum Gasteiger partial charge on any atom is -0.457 e. The van der Waals surface area contributed by atoms with Crippen LogP contribution in [0.3, 0.4) is 0 Å². The van der Waals surface area contributed by atoms with Crippen molar-refractivity contribution >= 4 is 0 Å². The zero-order chi connectivity index (χ0) is 14.3. The van der Waals surface area contributed by atoms with Gasteiger partial charge in [0, 0.05) is 0 Å². The van der Waals surface area contributed by atoms with Crippen LogP contribution in [0.4, 0.5) is 0 Å². The van der Waals surface area contributed by atoms with Gasteiger partial charge in [-0.2, -0.15) is 0 Å². The Morgan fingerprint density at radius 3 is 0.308 bits per heavy atom. The molecule has 26 heteroatoms. The summed E-state index contributed by atoms with van der Waals surface area (Å²) in [6.45, 7) is 0. The Morgan fingerprint density at radius 1 is 0.308 bits per heavy atom. The van der Waals surface area contributed by atoms with Crippen molar-refractivity contribution in [1.29, 1.82) is 0 Å². The SMILES string of the molecule is O=[N+]([O-])[O-].O=[N+]([O-])[O-].O=[N+]([O-])[O-].O=[N+]([O-])[O-].[Ni+2].[Ni+2].[OH3+].[OH3+].[OH3+].[OH3+].[OH3+].[OH3+].[OH3+].[OH3+]. The van der Waals surface area contributed by atoms with Crippen LogP contribution in [-0.4, -0.2) is 20.3 Å². The second kappa shape index (κ2) is 116. The van der Waals surface area contributed by atoms with Crippen LogP contribution in [-0.2, 0) is 76.8 Å². The fourth-order valence-corrected chi connectivity index (χ4v) is 0. The van der Waals surface area contributed by atoms with E-state index in [1.54, 1.807) is 0 Å². The Hall–Kier alpha value is -2.53. The van der Waals surface area contributed by atoms with E-state index in [1.165, 1.54) is 0 Å². The van der Waals surface area contributed by atoms with Gasteiger partial charge in [-0.25, -0.2) is 0 Å². The molecule has 0 aromatic heterocycles. The van der Waals surface area contributed by atoms with Crippen molar-refractivity contribution in [2.24, 2.45) is 0 Å². The van der Waals surface area contributed by atoms with E-state index in [2.05, 4.69) is 0 Å². The molecule has 0 heterocycles. The van der Waals surface area contributed by atoms with Gasteiger partial charge in [-0.15, -0.1) is 0 Å². The molecule has 26 heavy (non-hydrogen) atoms. The minimum absolute atomic E-state index is 0. The Kier molecular flexibility index (Phi) is 587. The topological polar surface area (TPSA) is 529 Å². The normalized spacial score (nSPS) is 3.69. The zero-order valence-corrected chi connectivity index (χ0v) is 13.9. The van der Waals surface area contributed by atoms with Crippen molar-refractivity contribution in [1.82, 2.24) is 0 Å². The monoisotopic (exact) mass is 516 g/mol. The standard InChI is InChI=1S/4NO3.2Ni.8H2O/c4*2-1(3)4;;;;;;;;;;/h;;;;;;8*1H2/q4*-1;2*+2;;;;;;;;/p+8. The van der Waals surface area contributed by atoms with Crippen molar-refractivity contribution < 1.29 is 97.1 Å². The molecule has 0 rings (SSSR count). The molecule has 0 atom stereocenters. The molecule has 0 radical (unpaired) electrons. The number of hydrogen-bond donors (Lipinski definition) is 0. The molecular formula is H24N4Ni2O20+8. The van der Waals surface area contributed by atoms with Crippen molar-refractivity contribution in [2.45, 2.75) is 0 Å². The van der Waals surface area contributed by atoms with Gasteiger partial charge in [0.15, 0.2) is 0 Å². The predicted octanol–water partition coefficient (Wildman–Crippen LogP) is -8.34. The van der Waals surface area contributed by atoms with Gasteiger partial charge in [0.2, 0.25) is 0 Å². The maximum atomic E-state index is 8.25. The molecule has 0 aromatic carbocycles. The molecule has 0 unspecified atom stereocenters. The van der Waals surface area contributed by atoms with Gasteiger partial charge in [-0.1, -0.05) is 0 Å². The first-order chi connectivity index (χ1) is 6.93. The number of nitrogens with zero attached hydrogens (tertiary/aromatic N) is 4. The third kappa shape index (κ3) is 1400. The summed E-state index contributed by atoms with van der Waals surface area (Å²) in [5.74, 6) is 0. The molecule has 0 aliphatic carbocycles. The summed E-state index contributed by atoms with van der Waals surface area (Å²) in [4.78, 5) is 33.0. The molecule has 176 valence electrons. The minimum atomic E-state index is -1.75. The molecule has 0 bridgehead atoms. The average molecular weight is 518 g/mol. The van der Waals surface area contributed by atoms with E-state index in [0.29, 0.717) is 0 Å².